The lowest BCUT2D eigenvalue weighted by atomic mass is 10.0. The molecule has 2 amide bonds. The zero-order valence-corrected chi connectivity index (χ0v) is 14.0. The maximum absolute atomic E-state index is 11.9. The highest BCUT2D eigenvalue weighted by Crippen LogP contribution is 2.22. The number of rotatable bonds is 4. The predicted molar refractivity (Wildman–Crippen MR) is 93.0 cm³/mol. The molecule has 0 unspecified atom stereocenters. The Morgan fingerprint density at radius 2 is 1.61 bits per heavy atom. The molecule has 0 bridgehead atoms. The van der Waals surface area contributed by atoms with Gasteiger partial charge >= 0.3 is 11.8 Å². The third-order valence-electron chi connectivity index (χ3n) is 3.26. The number of carbonyl (C=O) groups is 2. The van der Waals surface area contributed by atoms with E-state index in [1.807, 2.05) is 37.3 Å². The molecule has 0 aliphatic heterocycles. The molecule has 2 N–H and O–H groups in total. The molecule has 0 aromatic heterocycles. The molecule has 23 heavy (non-hydrogen) atoms. The van der Waals surface area contributed by atoms with Crippen molar-refractivity contribution in [2.24, 2.45) is 0 Å². The fourth-order valence-corrected chi connectivity index (χ4v) is 2.57. The van der Waals surface area contributed by atoms with E-state index in [2.05, 4.69) is 10.6 Å². The van der Waals surface area contributed by atoms with Crippen LogP contribution < -0.4 is 10.6 Å². The van der Waals surface area contributed by atoms with Crippen molar-refractivity contribution in [1.82, 2.24) is 5.32 Å². The number of hydrogen-bond acceptors (Lipinski definition) is 2. The third-order valence-corrected chi connectivity index (χ3v) is 3.70. The smallest absolute Gasteiger partial charge is 0.313 e. The first-order valence-corrected chi connectivity index (χ1v) is 7.81. The van der Waals surface area contributed by atoms with Gasteiger partial charge in [0.15, 0.2) is 0 Å². The van der Waals surface area contributed by atoms with E-state index in [9.17, 15) is 9.59 Å². The number of nitrogens with one attached hydrogen (secondary N) is 2. The largest absolute Gasteiger partial charge is 0.347 e. The van der Waals surface area contributed by atoms with Crippen molar-refractivity contribution in [2.75, 3.05) is 11.9 Å². The highest BCUT2D eigenvalue weighted by molar-refractivity contribution is 6.40. The summed E-state index contributed by atoms with van der Waals surface area (Å²) in [6.07, 6.45) is 0. The van der Waals surface area contributed by atoms with Gasteiger partial charge < -0.3 is 10.6 Å². The molecule has 1 atom stereocenters. The first-order valence-electron chi connectivity index (χ1n) is 7.06. The molecule has 0 spiro atoms. The molecule has 6 heteroatoms. The average molecular weight is 351 g/mol. The van der Waals surface area contributed by atoms with Crippen LogP contribution in [0.3, 0.4) is 0 Å². The van der Waals surface area contributed by atoms with Crippen LogP contribution in [-0.4, -0.2) is 18.4 Å². The molecule has 0 fully saturated rings. The van der Waals surface area contributed by atoms with Gasteiger partial charge in [0, 0.05) is 22.3 Å². The zero-order chi connectivity index (χ0) is 16.8. The molecule has 0 saturated heterocycles. The standard InChI is InChI=1S/C17H16Cl2N2O2/c1-11(12-5-3-2-4-6-12)10-20-16(22)17(23)21-15-8-13(18)7-14(19)9-15/h2-9,11H,10H2,1H3,(H,20,22)(H,21,23)/t11-/m0/s1. The fraction of sp³-hybridized carbons (Fsp3) is 0.176. The molecule has 0 aliphatic carbocycles. The molecule has 0 saturated carbocycles. The summed E-state index contributed by atoms with van der Waals surface area (Å²) in [5.74, 6) is -1.36. The van der Waals surface area contributed by atoms with Crippen LogP contribution in [0.15, 0.2) is 48.5 Å². The maximum Gasteiger partial charge on any atom is 0.313 e. The number of carbonyl (C=O) groups excluding carboxylic acids is 2. The van der Waals surface area contributed by atoms with Crippen molar-refractivity contribution in [3.05, 3.63) is 64.1 Å². The van der Waals surface area contributed by atoms with Crippen LogP contribution in [-0.2, 0) is 9.59 Å². The molecule has 0 radical (unpaired) electrons. The van der Waals surface area contributed by atoms with Crippen molar-refractivity contribution in [3.8, 4) is 0 Å². The van der Waals surface area contributed by atoms with Gasteiger partial charge in [-0.1, -0.05) is 60.5 Å². The predicted octanol–water partition coefficient (Wildman–Crippen LogP) is 3.85. The summed E-state index contributed by atoms with van der Waals surface area (Å²) in [6, 6.07) is 14.3. The van der Waals surface area contributed by atoms with Gasteiger partial charge in [0.1, 0.15) is 0 Å². The molecule has 0 heterocycles. The van der Waals surface area contributed by atoms with E-state index in [1.165, 1.54) is 12.1 Å². The van der Waals surface area contributed by atoms with Gasteiger partial charge in [-0.25, -0.2) is 0 Å². The first kappa shape index (κ1) is 17.3. The summed E-state index contributed by atoms with van der Waals surface area (Å²) in [5.41, 5.74) is 1.47. The molecular weight excluding hydrogens is 335 g/mol. The summed E-state index contributed by atoms with van der Waals surface area (Å²) >= 11 is 11.7. The van der Waals surface area contributed by atoms with Crippen LogP contribution in [0.1, 0.15) is 18.4 Å². The van der Waals surface area contributed by atoms with E-state index in [-0.39, 0.29) is 5.92 Å². The Labute approximate surface area is 144 Å². The van der Waals surface area contributed by atoms with E-state index in [0.717, 1.165) is 5.56 Å². The summed E-state index contributed by atoms with van der Waals surface area (Å²) in [6.45, 7) is 2.34. The first-order chi connectivity index (χ1) is 11.0. The number of halogens is 2. The summed E-state index contributed by atoms with van der Waals surface area (Å²) in [4.78, 5) is 23.7. The van der Waals surface area contributed by atoms with Gasteiger partial charge in [-0.3, -0.25) is 9.59 Å². The second-order valence-electron chi connectivity index (χ2n) is 5.13. The number of benzene rings is 2. The molecule has 4 nitrogen and oxygen atoms in total. The minimum atomic E-state index is -0.761. The maximum atomic E-state index is 11.9. The Morgan fingerprint density at radius 3 is 2.22 bits per heavy atom. The molecule has 2 aromatic rings. The van der Waals surface area contributed by atoms with Crippen molar-refractivity contribution in [3.63, 3.8) is 0 Å². The fourth-order valence-electron chi connectivity index (χ4n) is 2.04. The second-order valence-corrected chi connectivity index (χ2v) is 6.01. The third kappa shape index (κ3) is 5.27. The molecule has 0 aliphatic rings. The molecule has 2 rings (SSSR count). The van der Waals surface area contributed by atoms with E-state index in [4.69, 9.17) is 23.2 Å². The quantitative estimate of drug-likeness (QED) is 0.822. The average Bonchev–Trinajstić information content (AvgIpc) is 2.52. The Balaban J connectivity index is 1.89. The lowest BCUT2D eigenvalue weighted by Gasteiger charge is -2.13. The summed E-state index contributed by atoms with van der Waals surface area (Å²) in [5, 5.41) is 5.84. The van der Waals surface area contributed by atoms with Crippen LogP contribution in [0.25, 0.3) is 0 Å². The van der Waals surface area contributed by atoms with Crippen molar-refractivity contribution >= 4 is 40.7 Å². The SMILES string of the molecule is C[C@@H](CNC(=O)C(=O)Nc1cc(Cl)cc(Cl)c1)c1ccccc1. The number of amides is 2. The van der Waals surface area contributed by atoms with Crippen LogP contribution >= 0.6 is 23.2 Å². The van der Waals surface area contributed by atoms with Crippen molar-refractivity contribution < 1.29 is 9.59 Å². The van der Waals surface area contributed by atoms with Gasteiger partial charge in [-0.05, 0) is 29.7 Å². The Hall–Kier alpha value is -2.04. The highest BCUT2D eigenvalue weighted by Gasteiger charge is 2.15. The Morgan fingerprint density at radius 1 is 1.00 bits per heavy atom. The Bertz CT molecular complexity index is 685. The zero-order valence-electron chi connectivity index (χ0n) is 12.5. The highest BCUT2D eigenvalue weighted by atomic mass is 35.5. The number of hydrogen-bond donors (Lipinski definition) is 2. The van der Waals surface area contributed by atoms with Crippen LogP contribution in [0, 0.1) is 0 Å². The molecule has 120 valence electrons. The lowest BCUT2D eigenvalue weighted by molar-refractivity contribution is -0.136. The minimum absolute atomic E-state index is 0.105. The minimum Gasteiger partial charge on any atom is -0.347 e. The van der Waals surface area contributed by atoms with E-state index < -0.39 is 11.8 Å². The van der Waals surface area contributed by atoms with Gasteiger partial charge in [0.25, 0.3) is 0 Å². The Kier molecular flexibility index (Phi) is 6.02. The van der Waals surface area contributed by atoms with Gasteiger partial charge in [-0.15, -0.1) is 0 Å². The monoisotopic (exact) mass is 350 g/mol. The topological polar surface area (TPSA) is 58.2 Å². The van der Waals surface area contributed by atoms with Gasteiger partial charge in [0.2, 0.25) is 0 Å². The van der Waals surface area contributed by atoms with Gasteiger partial charge in [0.05, 0.1) is 0 Å². The summed E-state index contributed by atoms with van der Waals surface area (Å²) < 4.78 is 0. The van der Waals surface area contributed by atoms with E-state index in [0.29, 0.717) is 22.3 Å². The van der Waals surface area contributed by atoms with Gasteiger partial charge in [-0.2, -0.15) is 0 Å². The van der Waals surface area contributed by atoms with Crippen molar-refractivity contribution in [1.29, 1.82) is 0 Å². The van der Waals surface area contributed by atoms with Crippen LogP contribution in [0.2, 0.25) is 10.0 Å². The summed E-state index contributed by atoms with van der Waals surface area (Å²) in [7, 11) is 0. The van der Waals surface area contributed by atoms with E-state index >= 15 is 0 Å². The lowest BCUT2D eigenvalue weighted by Crippen LogP contribution is -2.37. The molecule has 2 aromatic carbocycles. The van der Waals surface area contributed by atoms with E-state index in [1.54, 1.807) is 6.07 Å². The van der Waals surface area contributed by atoms with Crippen LogP contribution in [0.4, 0.5) is 5.69 Å². The second kappa shape index (κ2) is 7.99. The number of anilines is 1. The van der Waals surface area contributed by atoms with Crippen LogP contribution in [0.5, 0.6) is 0 Å². The van der Waals surface area contributed by atoms with Crippen molar-refractivity contribution in [2.45, 2.75) is 12.8 Å². The molecular formula is C17H16Cl2N2O2. The normalized spacial score (nSPS) is 11.6.